The van der Waals surface area contributed by atoms with Gasteiger partial charge in [-0.3, -0.25) is 4.79 Å². The molecule has 0 saturated carbocycles. The van der Waals surface area contributed by atoms with E-state index in [1.54, 1.807) is 22.7 Å². The van der Waals surface area contributed by atoms with Crippen molar-refractivity contribution in [2.45, 2.75) is 71.9 Å². The van der Waals surface area contributed by atoms with Crippen molar-refractivity contribution in [3.63, 3.8) is 0 Å². The summed E-state index contributed by atoms with van der Waals surface area (Å²) < 4.78 is 25.7. The van der Waals surface area contributed by atoms with Gasteiger partial charge < -0.3 is 13.3 Å². The Labute approximate surface area is 413 Å². The summed E-state index contributed by atoms with van der Waals surface area (Å²) in [4.78, 5) is 22.6. The lowest BCUT2D eigenvalue weighted by Gasteiger charge is -2.28. The van der Waals surface area contributed by atoms with Gasteiger partial charge in [-0.25, -0.2) is 14.2 Å². The van der Waals surface area contributed by atoms with Crippen LogP contribution in [0.4, 0.5) is 0 Å². The molecule has 0 saturated heterocycles. The zero-order valence-corrected chi connectivity index (χ0v) is 42.1. The lowest BCUT2D eigenvalue weighted by Crippen LogP contribution is -2.45. The number of pyridine rings is 2. The van der Waals surface area contributed by atoms with Crippen LogP contribution in [0.5, 0.6) is 0 Å². The first-order valence-corrected chi connectivity index (χ1v) is 27.6. The smallest absolute Gasteiger partial charge is 0.374 e. The van der Waals surface area contributed by atoms with Crippen molar-refractivity contribution in [1.82, 2.24) is 15.3 Å². The normalized spacial score (nSPS) is 11.7. The highest BCUT2D eigenvalue weighted by Gasteiger charge is 2.39. The molecule has 5 aromatic heterocycles. The van der Waals surface area contributed by atoms with Crippen LogP contribution in [0.3, 0.4) is 0 Å². The zero-order chi connectivity index (χ0) is 47.4. The van der Waals surface area contributed by atoms with E-state index < -0.39 is 8.80 Å². The summed E-state index contributed by atoms with van der Waals surface area (Å²) >= 11 is 3.39. The number of ketones is 1. The van der Waals surface area contributed by atoms with Gasteiger partial charge >= 0.3 is 8.80 Å². The number of rotatable bonds is 23. The SMILES string of the molecule is CCO[Si](CCCCC(=O)CCCC[n+]1ccc(-c2nc(-c3ccc(-c4ccc(-c5ccccc5)cc4)s3)c3nonc3c2-c2ccc(-c3ccc(-c4ccccc4)cc3)s2)cc1)(OCC)OCC. The number of fused-ring (bicyclic) bond motifs is 1. The molecule has 0 unspecified atom stereocenters. The van der Waals surface area contributed by atoms with Crippen molar-refractivity contribution in [1.29, 1.82) is 0 Å². The van der Waals surface area contributed by atoms with Crippen molar-refractivity contribution in [3.05, 3.63) is 158 Å². The molecule has 0 bridgehead atoms. The maximum atomic E-state index is 12.9. The van der Waals surface area contributed by atoms with E-state index in [1.165, 1.54) is 22.3 Å². The van der Waals surface area contributed by atoms with Gasteiger partial charge in [-0.2, -0.15) is 0 Å². The predicted molar refractivity (Wildman–Crippen MR) is 282 cm³/mol. The molecule has 0 radical (unpaired) electrons. The van der Waals surface area contributed by atoms with Gasteiger partial charge in [0.25, 0.3) is 0 Å². The molecule has 0 spiro atoms. The summed E-state index contributed by atoms with van der Waals surface area (Å²) in [6.45, 7) is 8.40. The molecule has 0 fully saturated rings. The van der Waals surface area contributed by atoms with Gasteiger partial charge in [0.1, 0.15) is 23.5 Å². The molecule has 0 aliphatic rings. The summed E-state index contributed by atoms with van der Waals surface area (Å²) in [6.07, 6.45) is 8.77. The largest absolute Gasteiger partial charge is 0.500 e. The van der Waals surface area contributed by atoms with Gasteiger partial charge in [-0.1, -0.05) is 109 Å². The number of unbranched alkanes of at least 4 members (excludes halogenated alkanes) is 2. The second-order valence-corrected chi connectivity index (χ2v) is 21.8. The number of thiophene rings is 2. The fourth-order valence-electron chi connectivity index (χ4n) is 8.79. The Morgan fingerprint density at radius 2 is 0.986 bits per heavy atom. The van der Waals surface area contributed by atoms with Crippen LogP contribution in [-0.4, -0.2) is 49.7 Å². The minimum atomic E-state index is -2.68. The van der Waals surface area contributed by atoms with Crippen LogP contribution < -0.4 is 4.57 Å². The van der Waals surface area contributed by atoms with E-state index in [4.69, 9.17) is 22.9 Å². The molecule has 0 amide bonds. The predicted octanol–water partition coefficient (Wildman–Crippen LogP) is 14.7. The molecule has 0 aliphatic heterocycles. The molecule has 5 heterocycles. The lowest BCUT2D eigenvalue weighted by atomic mass is 10.0. The second kappa shape index (κ2) is 22.9. The van der Waals surface area contributed by atoms with Crippen LogP contribution in [0.2, 0.25) is 6.04 Å². The quantitative estimate of drug-likeness (QED) is 0.0355. The van der Waals surface area contributed by atoms with Gasteiger partial charge in [0.15, 0.2) is 17.9 Å². The molecule has 12 heteroatoms. The Bertz CT molecular complexity index is 3050. The third kappa shape index (κ3) is 11.4. The van der Waals surface area contributed by atoms with Gasteiger partial charge in [-0.05, 0) is 108 Å². The van der Waals surface area contributed by atoms with E-state index in [-0.39, 0.29) is 0 Å². The van der Waals surface area contributed by atoms with E-state index in [2.05, 4.69) is 161 Å². The number of aryl methyl sites for hydroxylation is 1. The zero-order valence-electron chi connectivity index (χ0n) is 39.4. The maximum absolute atomic E-state index is 12.9. The van der Waals surface area contributed by atoms with Gasteiger partial charge in [-0.15, -0.1) is 22.7 Å². The highest BCUT2D eigenvalue weighted by atomic mass is 32.1. The first-order valence-electron chi connectivity index (χ1n) is 24.1. The summed E-state index contributed by atoms with van der Waals surface area (Å²) in [5.74, 6) is 0.304. The lowest BCUT2D eigenvalue weighted by molar-refractivity contribution is -0.697. The number of carbonyl (C=O) groups excluding carboxylic acids is 1. The third-order valence-corrected chi connectivity index (χ3v) is 17.7. The molecular formula is C57H57N4O5S2Si+. The molecule has 69 heavy (non-hydrogen) atoms. The molecule has 0 N–H and O–H groups in total. The van der Waals surface area contributed by atoms with Crippen LogP contribution in [0, 0.1) is 0 Å². The van der Waals surface area contributed by atoms with E-state index in [9.17, 15) is 4.79 Å². The van der Waals surface area contributed by atoms with E-state index in [1.807, 2.05) is 32.9 Å². The fraction of sp³-hybridized carbons (Fsp3) is 0.246. The molecule has 9 rings (SSSR count). The number of hydrogen-bond donors (Lipinski definition) is 0. The first kappa shape index (κ1) is 47.8. The minimum Gasteiger partial charge on any atom is -0.374 e. The Hall–Kier alpha value is -6.25. The van der Waals surface area contributed by atoms with Gasteiger partial charge in [0, 0.05) is 83.0 Å². The monoisotopic (exact) mass is 969 g/mol. The number of Topliss-reactive ketones (excluding diaryl/α,β-unsaturated/α-hetero) is 1. The van der Waals surface area contributed by atoms with Crippen molar-refractivity contribution in [2.75, 3.05) is 19.8 Å². The number of carbonyl (C=O) groups is 1. The van der Waals surface area contributed by atoms with E-state index in [0.29, 0.717) is 49.5 Å². The second-order valence-electron chi connectivity index (χ2n) is 16.9. The highest BCUT2D eigenvalue weighted by molar-refractivity contribution is 7.19. The summed E-state index contributed by atoms with van der Waals surface area (Å²) in [5.41, 5.74) is 11.7. The Kier molecular flexibility index (Phi) is 15.9. The topological polar surface area (TPSA) is 100 Å². The van der Waals surface area contributed by atoms with E-state index in [0.717, 1.165) is 91.4 Å². The Morgan fingerprint density at radius 1 is 0.507 bits per heavy atom. The molecule has 0 aliphatic carbocycles. The van der Waals surface area contributed by atoms with E-state index >= 15 is 0 Å². The average molecular weight is 970 g/mol. The molecule has 350 valence electrons. The van der Waals surface area contributed by atoms with Crippen LogP contribution in [-0.2, 0) is 24.6 Å². The van der Waals surface area contributed by atoms with Crippen molar-refractivity contribution in [3.8, 4) is 75.4 Å². The molecule has 9 nitrogen and oxygen atoms in total. The molecular weight excluding hydrogens is 913 g/mol. The van der Waals surface area contributed by atoms with Crippen molar-refractivity contribution in [2.24, 2.45) is 0 Å². The minimum absolute atomic E-state index is 0.304. The van der Waals surface area contributed by atoms with Crippen LogP contribution in [0.25, 0.3) is 86.4 Å². The molecule has 4 aromatic carbocycles. The Balaban J connectivity index is 0.942. The number of aromatic nitrogens is 4. The van der Waals surface area contributed by atoms with Gasteiger partial charge in [0.05, 0.1) is 10.6 Å². The van der Waals surface area contributed by atoms with Crippen molar-refractivity contribution >= 4 is 48.3 Å². The third-order valence-electron chi connectivity index (χ3n) is 12.2. The van der Waals surface area contributed by atoms with Gasteiger partial charge in [0.2, 0.25) is 0 Å². The highest BCUT2D eigenvalue weighted by Crippen LogP contribution is 2.45. The first-order chi connectivity index (χ1) is 33.9. The number of benzene rings is 4. The van der Waals surface area contributed by atoms with Crippen LogP contribution >= 0.6 is 22.7 Å². The average Bonchev–Trinajstić information content (AvgIpc) is 4.21. The Morgan fingerprint density at radius 3 is 1.55 bits per heavy atom. The van der Waals surface area contributed by atoms with Crippen molar-refractivity contribution < 1.29 is 27.3 Å². The summed E-state index contributed by atoms with van der Waals surface area (Å²) in [7, 11) is -2.68. The number of nitrogens with zero attached hydrogens (tertiary/aromatic N) is 4. The van der Waals surface area contributed by atoms with Crippen LogP contribution in [0.1, 0.15) is 59.3 Å². The number of hydrogen-bond acceptors (Lipinski definition) is 10. The fourth-order valence-corrected chi connectivity index (χ4v) is 13.5. The molecule has 0 atom stereocenters. The molecule has 9 aromatic rings. The summed E-state index contributed by atoms with van der Waals surface area (Å²) in [6, 6.07) is 51.9. The summed E-state index contributed by atoms with van der Waals surface area (Å²) in [5, 5.41) is 9.06. The van der Waals surface area contributed by atoms with Crippen LogP contribution in [0.15, 0.2) is 163 Å². The maximum Gasteiger partial charge on any atom is 0.500 e. The standard InChI is InChI=1S/C57H57N4O5S2Si/c1-4-63-69(64-5-2,65-6-3)40-16-14-22-48(62)21-13-15-37-61-38-35-47(36-39-61)54-53(51-33-31-49(67-51)45-27-23-43(24-28-45)41-17-9-7-10-18-41)56-57(60-66-59-56)55(58-54)52-34-32-50(68-52)46-29-25-44(26-30-46)42-19-11-8-12-20-42/h7-12,17-20,23-36,38-39H,4-6,13-16,21-22,37,40H2,1-3H3/q+1.